The highest BCUT2D eigenvalue weighted by Gasteiger charge is 2.17. The second kappa shape index (κ2) is 9.43. The fourth-order valence-corrected chi connectivity index (χ4v) is 3.42. The Kier molecular flexibility index (Phi) is 6.72. The molecule has 1 heterocycles. The van der Waals surface area contributed by atoms with E-state index in [0.717, 1.165) is 29.8 Å². The van der Waals surface area contributed by atoms with Crippen LogP contribution in [0.5, 0.6) is 0 Å². The summed E-state index contributed by atoms with van der Waals surface area (Å²) in [6.45, 7) is 3.74. The standard InChI is InChI=1S/C23H29N5O2/c1-5-28-20-12-11-18(22(29)26(2)3)15-19(20)25-21(28)16-27(4)23(30)24-14-13-17-9-7-6-8-10-17/h6-12,15H,5,13-14,16H2,1-4H3,(H,24,30). The highest BCUT2D eigenvalue weighted by Crippen LogP contribution is 2.20. The quantitative estimate of drug-likeness (QED) is 0.654. The zero-order chi connectivity index (χ0) is 21.7. The fraction of sp³-hybridized carbons (Fsp3) is 0.348. The molecule has 3 aromatic rings. The maximum Gasteiger partial charge on any atom is 0.317 e. The van der Waals surface area contributed by atoms with Gasteiger partial charge in [0.05, 0.1) is 17.6 Å². The number of urea groups is 1. The minimum Gasteiger partial charge on any atom is -0.345 e. The molecule has 3 rings (SSSR count). The number of amides is 3. The number of aryl methyl sites for hydroxylation is 1. The van der Waals surface area contributed by atoms with Crippen molar-refractivity contribution in [3.63, 3.8) is 0 Å². The van der Waals surface area contributed by atoms with Gasteiger partial charge in [-0.1, -0.05) is 30.3 Å². The van der Waals surface area contributed by atoms with Gasteiger partial charge in [-0.2, -0.15) is 0 Å². The molecule has 0 aliphatic rings. The van der Waals surface area contributed by atoms with Crippen molar-refractivity contribution < 1.29 is 9.59 Å². The number of hydrogen-bond donors (Lipinski definition) is 1. The summed E-state index contributed by atoms with van der Waals surface area (Å²) in [6.07, 6.45) is 0.788. The number of benzene rings is 2. The molecule has 0 aliphatic carbocycles. The monoisotopic (exact) mass is 407 g/mol. The summed E-state index contributed by atoms with van der Waals surface area (Å²) in [5.41, 5.74) is 3.52. The van der Waals surface area contributed by atoms with Gasteiger partial charge in [-0.3, -0.25) is 4.79 Å². The summed E-state index contributed by atoms with van der Waals surface area (Å²) >= 11 is 0. The first kappa shape index (κ1) is 21.4. The van der Waals surface area contributed by atoms with Gasteiger partial charge >= 0.3 is 6.03 Å². The van der Waals surface area contributed by atoms with E-state index < -0.39 is 0 Å². The average Bonchev–Trinajstić information content (AvgIpc) is 3.09. The first-order chi connectivity index (χ1) is 14.4. The topological polar surface area (TPSA) is 70.5 Å². The molecule has 3 amide bonds. The molecule has 0 saturated heterocycles. The lowest BCUT2D eigenvalue weighted by Crippen LogP contribution is -2.38. The highest BCUT2D eigenvalue weighted by molar-refractivity contribution is 5.97. The lowest BCUT2D eigenvalue weighted by atomic mass is 10.1. The Morgan fingerprint density at radius 3 is 2.47 bits per heavy atom. The van der Waals surface area contributed by atoms with Gasteiger partial charge in [0.15, 0.2) is 0 Å². The number of imidazole rings is 1. The molecule has 0 fully saturated rings. The zero-order valence-corrected chi connectivity index (χ0v) is 18.1. The molecule has 1 N–H and O–H groups in total. The van der Waals surface area contributed by atoms with E-state index in [2.05, 4.69) is 22.0 Å². The molecule has 0 bridgehead atoms. The molecule has 158 valence electrons. The molecule has 7 heteroatoms. The molecule has 0 aliphatic heterocycles. The van der Waals surface area contributed by atoms with Gasteiger partial charge in [-0.25, -0.2) is 9.78 Å². The highest BCUT2D eigenvalue weighted by atomic mass is 16.2. The van der Waals surface area contributed by atoms with Crippen molar-refractivity contribution >= 4 is 23.0 Å². The number of carbonyl (C=O) groups is 2. The van der Waals surface area contributed by atoms with Gasteiger partial charge in [0.1, 0.15) is 5.82 Å². The third kappa shape index (κ3) is 4.79. The van der Waals surface area contributed by atoms with Crippen molar-refractivity contribution in [3.8, 4) is 0 Å². The Labute approximate surface area is 177 Å². The molecule has 7 nitrogen and oxygen atoms in total. The van der Waals surface area contributed by atoms with E-state index in [1.807, 2.05) is 43.3 Å². The Bertz CT molecular complexity index is 1030. The summed E-state index contributed by atoms with van der Waals surface area (Å²) in [6, 6.07) is 15.5. The molecule has 0 spiro atoms. The molecule has 0 saturated carbocycles. The SMILES string of the molecule is CCn1c(CN(C)C(=O)NCCc2ccccc2)nc2cc(C(=O)N(C)C)ccc21. The summed E-state index contributed by atoms with van der Waals surface area (Å²) in [4.78, 5) is 32.6. The molecule has 2 aromatic carbocycles. The maximum absolute atomic E-state index is 12.5. The van der Waals surface area contributed by atoms with Crippen molar-refractivity contribution in [2.45, 2.75) is 26.4 Å². The number of nitrogens with one attached hydrogen (secondary N) is 1. The van der Waals surface area contributed by atoms with Gasteiger partial charge in [-0.15, -0.1) is 0 Å². The van der Waals surface area contributed by atoms with E-state index in [9.17, 15) is 9.59 Å². The maximum atomic E-state index is 12.5. The van der Waals surface area contributed by atoms with Crippen LogP contribution in [0.25, 0.3) is 11.0 Å². The summed E-state index contributed by atoms with van der Waals surface area (Å²) in [5.74, 6) is 0.738. The molecule has 0 unspecified atom stereocenters. The van der Waals surface area contributed by atoms with Gasteiger partial charge in [0.2, 0.25) is 0 Å². The second-order valence-electron chi connectivity index (χ2n) is 7.50. The number of carbonyl (C=O) groups excluding carboxylic acids is 2. The smallest absolute Gasteiger partial charge is 0.317 e. The predicted molar refractivity (Wildman–Crippen MR) is 118 cm³/mol. The van der Waals surface area contributed by atoms with Crippen molar-refractivity contribution in [2.24, 2.45) is 0 Å². The number of aromatic nitrogens is 2. The van der Waals surface area contributed by atoms with E-state index in [1.165, 1.54) is 5.56 Å². The molecular formula is C23H29N5O2. The van der Waals surface area contributed by atoms with E-state index in [-0.39, 0.29) is 11.9 Å². The van der Waals surface area contributed by atoms with Crippen molar-refractivity contribution in [1.29, 1.82) is 0 Å². The summed E-state index contributed by atoms with van der Waals surface area (Å²) < 4.78 is 2.08. The Morgan fingerprint density at radius 1 is 1.07 bits per heavy atom. The summed E-state index contributed by atoms with van der Waals surface area (Å²) in [7, 11) is 5.22. The minimum atomic E-state index is -0.135. The van der Waals surface area contributed by atoms with E-state index in [4.69, 9.17) is 4.98 Å². The first-order valence-corrected chi connectivity index (χ1v) is 10.1. The van der Waals surface area contributed by atoms with Crippen LogP contribution in [0.4, 0.5) is 4.79 Å². The van der Waals surface area contributed by atoms with Crippen LogP contribution >= 0.6 is 0 Å². The average molecular weight is 408 g/mol. The molecular weight excluding hydrogens is 378 g/mol. The van der Waals surface area contributed by atoms with Crippen molar-refractivity contribution in [2.75, 3.05) is 27.7 Å². The van der Waals surface area contributed by atoms with Crippen molar-refractivity contribution in [1.82, 2.24) is 24.7 Å². The fourth-order valence-electron chi connectivity index (χ4n) is 3.42. The largest absolute Gasteiger partial charge is 0.345 e. The molecule has 0 radical (unpaired) electrons. The van der Waals surface area contributed by atoms with E-state index in [1.54, 1.807) is 30.9 Å². The van der Waals surface area contributed by atoms with Gasteiger partial charge in [0, 0.05) is 39.8 Å². The third-order valence-electron chi connectivity index (χ3n) is 5.05. The Balaban J connectivity index is 1.69. The van der Waals surface area contributed by atoms with Crippen LogP contribution in [0.15, 0.2) is 48.5 Å². The van der Waals surface area contributed by atoms with Crippen LogP contribution < -0.4 is 5.32 Å². The number of fused-ring (bicyclic) bond motifs is 1. The van der Waals surface area contributed by atoms with Crippen LogP contribution in [0.1, 0.15) is 28.7 Å². The molecule has 30 heavy (non-hydrogen) atoms. The number of hydrogen-bond acceptors (Lipinski definition) is 3. The zero-order valence-electron chi connectivity index (χ0n) is 18.1. The second-order valence-corrected chi connectivity index (χ2v) is 7.50. The lowest BCUT2D eigenvalue weighted by molar-refractivity contribution is 0.0827. The van der Waals surface area contributed by atoms with E-state index in [0.29, 0.717) is 18.7 Å². The summed E-state index contributed by atoms with van der Waals surface area (Å²) in [5, 5.41) is 2.96. The van der Waals surface area contributed by atoms with Gasteiger partial charge in [0.25, 0.3) is 5.91 Å². The van der Waals surface area contributed by atoms with Crippen LogP contribution in [-0.2, 0) is 19.5 Å². The van der Waals surface area contributed by atoms with Crippen molar-refractivity contribution in [3.05, 3.63) is 65.5 Å². The Hall–Kier alpha value is -3.35. The van der Waals surface area contributed by atoms with Gasteiger partial charge < -0.3 is 19.7 Å². The first-order valence-electron chi connectivity index (χ1n) is 10.1. The van der Waals surface area contributed by atoms with Crippen LogP contribution in [0.3, 0.4) is 0 Å². The lowest BCUT2D eigenvalue weighted by Gasteiger charge is -2.18. The number of nitrogens with zero attached hydrogens (tertiary/aromatic N) is 4. The Morgan fingerprint density at radius 2 is 1.80 bits per heavy atom. The third-order valence-corrected chi connectivity index (χ3v) is 5.05. The normalized spacial score (nSPS) is 10.8. The number of rotatable bonds is 7. The van der Waals surface area contributed by atoms with Crippen LogP contribution in [0.2, 0.25) is 0 Å². The molecule has 1 aromatic heterocycles. The minimum absolute atomic E-state index is 0.0561. The molecule has 0 atom stereocenters. The van der Waals surface area contributed by atoms with Crippen LogP contribution in [-0.4, -0.2) is 59.0 Å². The predicted octanol–water partition coefficient (Wildman–Crippen LogP) is 3.14. The van der Waals surface area contributed by atoms with Crippen LogP contribution in [0, 0.1) is 0 Å². The van der Waals surface area contributed by atoms with E-state index >= 15 is 0 Å². The van der Waals surface area contributed by atoms with Gasteiger partial charge in [-0.05, 0) is 37.1 Å².